The summed E-state index contributed by atoms with van der Waals surface area (Å²) in [6.07, 6.45) is 0.900. The van der Waals surface area contributed by atoms with Gasteiger partial charge in [0.15, 0.2) is 0 Å². The van der Waals surface area contributed by atoms with E-state index in [1.54, 1.807) is 4.90 Å². The quantitative estimate of drug-likeness (QED) is 0.885. The second kappa shape index (κ2) is 6.75. The summed E-state index contributed by atoms with van der Waals surface area (Å²) < 4.78 is 0. The zero-order valence-electron chi connectivity index (χ0n) is 12.3. The van der Waals surface area contributed by atoms with Crippen LogP contribution < -0.4 is 5.32 Å². The van der Waals surface area contributed by atoms with Crippen LogP contribution in [0.1, 0.15) is 30.4 Å². The highest BCUT2D eigenvalue weighted by atomic mass is 16.3. The predicted molar refractivity (Wildman–Crippen MR) is 79.8 cm³/mol. The van der Waals surface area contributed by atoms with Crippen LogP contribution in [-0.4, -0.2) is 42.3 Å². The molecule has 1 aliphatic heterocycles. The van der Waals surface area contributed by atoms with Crippen LogP contribution in [0.15, 0.2) is 24.3 Å². The SMILES string of the molecule is Cc1cccc(C(C)CNC(=O)N2CCC(CO)C2)c1. The van der Waals surface area contributed by atoms with E-state index in [0.29, 0.717) is 19.0 Å². The average Bonchev–Trinajstić information content (AvgIpc) is 2.93. The molecule has 0 saturated carbocycles. The van der Waals surface area contributed by atoms with Gasteiger partial charge in [-0.2, -0.15) is 0 Å². The summed E-state index contributed by atoms with van der Waals surface area (Å²) in [6.45, 7) is 6.42. The maximum Gasteiger partial charge on any atom is 0.317 e. The molecule has 0 aliphatic carbocycles. The Bertz CT molecular complexity index is 462. The third-order valence-electron chi connectivity index (χ3n) is 4.00. The lowest BCUT2D eigenvalue weighted by Gasteiger charge is -2.19. The standard InChI is InChI=1S/C16H24N2O2/c1-12-4-3-5-15(8-12)13(2)9-17-16(20)18-7-6-14(10-18)11-19/h3-5,8,13-14,19H,6-7,9-11H2,1-2H3,(H,17,20). The summed E-state index contributed by atoms with van der Waals surface area (Å²) in [6, 6.07) is 8.37. The molecule has 2 rings (SSSR count). The maximum atomic E-state index is 12.0. The lowest BCUT2D eigenvalue weighted by molar-refractivity contribution is 0.198. The maximum absolute atomic E-state index is 12.0. The molecule has 1 saturated heterocycles. The lowest BCUT2D eigenvalue weighted by Crippen LogP contribution is -2.40. The number of urea groups is 1. The van der Waals surface area contributed by atoms with Gasteiger partial charge in [-0.3, -0.25) is 0 Å². The van der Waals surface area contributed by atoms with E-state index in [4.69, 9.17) is 5.11 Å². The molecule has 1 fully saturated rings. The molecule has 110 valence electrons. The normalized spacial score (nSPS) is 19.9. The molecule has 1 aromatic rings. The van der Waals surface area contributed by atoms with Gasteiger partial charge < -0.3 is 15.3 Å². The van der Waals surface area contributed by atoms with Gasteiger partial charge in [-0.05, 0) is 24.8 Å². The van der Waals surface area contributed by atoms with Crippen LogP contribution in [-0.2, 0) is 0 Å². The molecule has 1 heterocycles. The molecule has 4 nitrogen and oxygen atoms in total. The Morgan fingerprint density at radius 2 is 2.35 bits per heavy atom. The Labute approximate surface area is 120 Å². The fraction of sp³-hybridized carbons (Fsp3) is 0.562. The summed E-state index contributed by atoms with van der Waals surface area (Å²) in [7, 11) is 0. The topological polar surface area (TPSA) is 52.6 Å². The number of aliphatic hydroxyl groups excluding tert-OH is 1. The number of hydrogen-bond acceptors (Lipinski definition) is 2. The van der Waals surface area contributed by atoms with Gasteiger partial charge in [0.25, 0.3) is 0 Å². The molecule has 1 aliphatic rings. The first-order chi connectivity index (χ1) is 9.60. The zero-order chi connectivity index (χ0) is 14.5. The van der Waals surface area contributed by atoms with Crippen molar-refractivity contribution >= 4 is 6.03 Å². The fourth-order valence-electron chi connectivity index (χ4n) is 2.61. The van der Waals surface area contributed by atoms with E-state index in [1.165, 1.54) is 11.1 Å². The third kappa shape index (κ3) is 3.73. The number of nitrogens with zero attached hydrogens (tertiary/aromatic N) is 1. The van der Waals surface area contributed by atoms with Gasteiger partial charge in [0.1, 0.15) is 0 Å². The minimum atomic E-state index is -0.0135. The van der Waals surface area contributed by atoms with Crippen molar-refractivity contribution in [1.82, 2.24) is 10.2 Å². The first-order valence-corrected chi connectivity index (χ1v) is 7.30. The Hall–Kier alpha value is -1.55. The molecule has 0 aromatic heterocycles. The van der Waals surface area contributed by atoms with E-state index in [-0.39, 0.29) is 18.6 Å². The second-order valence-corrected chi connectivity index (χ2v) is 5.78. The zero-order valence-corrected chi connectivity index (χ0v) is 12.3. The van der Waals surface area contributed by atoms with Crippen LogP contribution in [0.2, 0.25) is 0 Å². The van der Waals surface area contributed by atoms with Crippen molar-refractivity contribution in [2.45, 2.75) is 26.2 Å². The number of rotatable bonds is 4. The number of hydrogen-bond donors (Lipinski definition) is 2. The smallest absolute Gasteiger partial charge is 0.317 e. The predicted octanol–water partition coefficient (Wildman–Crippen LogP) is 2.12. The van der Waals surface area contributed by atoms with Gasteiger partial charge >= 0.3 is 6.03 Å². The molecule has 20 heavy (non-hydrogen) atoms. The molecule has 0 spiro atoms. The first-order valence-electron chi connectivity index (χ1n) is 7.30. The highest BCUT2D eigenvalue weighted by Gasteiger charge is 2.25. The Morgan fingerprint density at radius 3 is 3.00 bits per heavy atom. The molecule has 2 atom stereocenters. The molecule has 0 radical (unpaired) electrons. The number of nitrogens with one attached hydrogen (secondary N) is 1. The van der Waals surface area contributed by atoms with Crippen LogP contribution in [0.3, 0.4) is 0 Å². The number of aryl methyl sites for hydroxylation is 1. The Balaban J connectivity index is 1.81. The minimum Gasteiger partial charge on any atom is -0.396 e. The molecule has 2 N–H and O–H groups in total. The summed E-state index contributed by atoms with van der Waals surface area (Å²) in [5.74, 6) is 0.546. The average molecular weight is 276 g/mol. The van der Waals surface area contributed by atoms with Crippen molar-refractivity contribution in [3.8, 4) is 0 Å². The molecule has 1 aromatic carbocycles. The van der Waals surface area contributed by atoms with E-state index >= 15 is 0 Å². The van der Waals surface area contributed by atoms with Crippen LogP contribution in [0.5, 0.6) is 0 Å². The number of carbonyl (C=O) groups is 1. The van der Waals surface area contributed by atoms with Crippen LogP contribution in [0, 0.1) is 12.8 Å². The number of amides is 2. The molecular formula is C16H24N2O2. The third-order valence-corrected chi connectivity index (χ3v) is 4.00. The summed E-state index contributed by atoms with van der Waals surface area (Å²) in [5, 5.41) is 12.1. The van der Waals surface area contributed by atoms with E-state index in [9.17, 15) is 4.79 Å². The van der Waals surface area contributed by atoms with E-state index in [0.717, 1.165) is 13.0 Å². The van der Waals surface area contributed by atoms with Crippen molar-refractivity contribution in [2.24, 2.45) is 5.92 Å². The Kier molecular flexibility index (Phi) is 5.01. The minimum absolute atomic E-state index is 0.0135. The monoisotopic (exact) mass is 276 g/mol. The van der Waals surface area contributed by atoms with Gasteiger partial charge in [0, 0.05) is 32.2 Å². The molecule has 2 amide bonds. The molecule has 4 heteroatoms. The summed E-state index contributed by atoms with van der Waals surface area (Å²) >= 11 is 0. The van der Waals surface area contributed by atoms with Crippen LogP contribution in [0.25, 0.3) is 0 Å². The second-order valence-electron chi connectivity index (χ2n) is 5.78. The largest absolute Gasteiger partial charge is 0.396 e. The van der Waals surface area contributed by atoms with Crippen molar-refractivity contribution in [3.63, 3.8) is 0 Å². The first kappa shape index (κ1) is 14.9. The van der Waals surface area contributed by atoms with E-state index in [2.05, 4.69) is 43.4 Å². The number of carbonyl (C=O) groups excluding carboxylic acids is 1. The molecular weight excluding hydrogens is 252 g/mol. The van der Waals surface area contributed by atoms with Crippen molar-refractivity contribution in [3.05, 3.63) is 35.4 Å². The van der Waals surface area contributed by atoms with Crippen LogP contribution >= 0.6 is 0 Å². The van der Waals surface area contributed by atoms with Crippen molar-refractivity contribution in [1.29, 1.82) is 0 Å². The van der Waals surface area contributed by atoms with Gasteiger partial charge in [-0.1, -0.05) is 36.8 Å². The number of likely N-dealkylation sites (tertiary alicyclic amines) is 1. The van der Waals surface area contributed by atoms with E-state index in [1.807, 2.05) is 0 Å². The Morgan fingerprint density at radius 1 is 1.55 bits per heavy atom. The van der Waals surface area contributed by atoms with Crippen molar-refractivity contribution in [2.75, 3.05) is 26.2 Å². The number of aliphatic hydroxyl groups is 1. The van der Waals surface area contributed by atoms with Gasteiger partial charge in [0.2, 0.25) is 0 Å². The van der Waals surface area contributed by atoms with Gasteiger partial charge in [-0.15, -0.1) is 0 Å². The van der Waals surface area contributed by atoms with Crippen molar-refractivity contribution < 1.29 is 9.90 Å². The van der Waals surface area contributed by atoms with Crippen LogP contribution in [0.4, 0.5) is 4.79 Å². The lowest BCUT2D eigenvalue weighted by atomic mass is 9.99. The summed E-state index contributed by atoms with van der Waals surface area (Å²) in [5.41, 5.74) is 2.49. The number of benzene rings is 1. The molecule has 0 bridgehead atoms. The summed E-state index contributed by atoms with van der Waals surface area (Å²) in [4.78, 5) is 13.8. The van der Waals surface area contributed by atoms with E-state index < -0.39 is 0 Å². The molecule has 2 unspecified atom stereocenters. The highest BCUT2D eigenvalue weighted by Crippen LogP contribution is 2.17. The highest BCUT2D eigenvalue weighted by molar-refractivity contribution is 5.74. The van der Waals surface area contributed by atoms with Gasteiger partial charge in [0.05, 0.1) is 0 Å². The van der Waals surface area contributed by atoms with Gasteiger partial charge in [-0.25, -0.2) is 4.79 Å². The fourth-order valence-corrected chi connectivity index (χ4v) is 2.61.